The third kappa shape index (κ3) is 5.36. The summed E-state index contributed by atoms with van der Waals surface area (Å²) in [7, 11) is 0. The molecule has 2 fully saturated rings. The van der Waals surface area contributed by atoms with Gasteiger partial charge in [0.1, 0.15) is 12.4 Å². The smallest absolute Gasteiger partial charge is 0.321 e. The summed E-state index contributed by atoms with van der Waals surface area (Å²) in [6.45, 7) is 5.72. The van der Waals surface area contributed by atoms with E-state index in [0.717, 1.165) is 5.56 Å². The zero-order valence-corrected chi connectivity index (χ0v) is 19.4. The quantitative estimate of drug-likeness (QED) is 0.707. The summed E-state index contributed by atoms with van der Waals surface area (Å²) in [4.78, 5) is 43.2. The normalized spacial score (nSPS) is 18.9. The first kappa shape index (κ1) is 23.7. The number of anilines is 1. The van der Waals surface area contributed by atoms with Gasteiger partial charge in [-0.15, -0.1) is 0 Å². The van der Waals surface area contributed by atoms with Crippen LogP contribution in [0, 0.1) is 5.82 Å². The molecule has 2 aromatic rings. The third-order valence-electron chi connectivity index (χ3n) is 6.04. The molecule has 180 valence electrons. The van der Waals surface area contributed by atoms with Gasteiger partial charge in [0.25, 0.3) is 5.91 Å². The summed E-state index contributed by atoms with van der Waals surface area (Å²) < 4.78 is 19.3. The summed E-state index contributed by atoms with van der Waals surface area (Å²) >= 11 is 0. The van der Waals surface area contributed by atoms with Crippen molar-refractivity contribution < 1.29 is 23.5 Å². The van der Waals surface area contributed by atoms with Crippen molar-refractivity contribution in [1.29, 1.82) is 0 Å². The van der Waals surface area contributed by atoms with Crippen LogP contribution in [0.2, 0.25) is 0 Å². The molecule has 4 rings (SSSR count). The molecular formula is C25H29FN4O4. The third-order valence-corrected chi connectivity index (χ3v) is 6.04. The highest BCUT2D eigenvalue weighted by molar-refractivity contribution is 5.99. The number of benzene rings is 2. The van der Waals surface area contributed by atoms with Crippen molar-refractivity contribution in [3.05, 3.63) is 65.5 Å². The van der Waals surface area contributed by atoms with Gasteiger partial charge < -0.3 is 19.9 Å². The molecule has 34 heavy (non-hydrogen) atoms. The van der Waals surface area contributed by atoms with E-state index in [1.165, 1.54) is 17.0 Å². The van der Waals surface area contributed by atoms with Gasteiger partial charge in [0.2, 0.25) is 5.91 Å². The van der Waals surface area contributed by atoms with E-state index in [1.54, 1.807) is 46.2 Å². The standard InChI is InChI=1S/C25H29FN4O4/c1-17(2)30-14-22(34-16-18-6-8-20(26)9-7-18)13-28(15-23(30)31)24(32)19-4-3-5-21(12-19)29-11-10-27-25(29)33/h3-9,12,17,22H,10-11,13-16H2,1-2H3,(H,27,33)/t22-/m1/s1. The number of nitrogens with one attached hydrogen (secondary N) is 1. The van der Waals surface area contributed by atoms with Crippen LogP contribution in [0.4, 0.5) is 14.9 Å². The lowest BCUT2D eigenvalue weighted by Crippen LogP contribution is -2.42. The molecule has 0 spiro atoms. The Morgan fingerprint density at radius 3 is 2.59 bits per heavy atom. The molecule has 2 heterocycles. The molecule has 0 bridgehead atoms. The fraction of sp³-hybridized carbons (Fsp3) is 0.400. The molecule has 0 aliphatic carbocycles. The Morgan fingerprint density at radius 1 is 1.15 bits per heavy atom. The number of carbonyl (C=O) groups is 3. The van der Waals surface area contributed by atoms with Crippen LogP contribution in [-0.4, -0.2) is 72.5 Å². The number of ether oxygens (including phenoxy) is 1. The molecule has 2 aliphatic heterocycles. The van der Waals surface area contributed by atoms with Gasteiger partial charge in [0, 0.05) is 43.5 Å². The first-order valence-electron chi connectivity index (χ1n) is 11.4. The molecule has 0 aromatic heterocycles. The second-order valence-electron chi connectivity index (χ2n) is 8.82. The zero-order chi connectivity index (χ0) is 24.2. The second-order valence-corrected chi connectivity index (χ2v) is 8.82. The maximum absolute atomic E-state index is 13.4. The minimum atomic E-state index is -0.407. The predicted octanol–water partition coefficient (Wildman–Crippen LogP) is 2.63. The molecule has 9 heteroatoms. The summed E-state index contributed by atoms with van der Waals surface area (Å²) in [6, 6.07) is 12.7. The van der Waals surface area contributed by atoms with Gasteiger partial charge in [-0.2, -0.15) is 0 Å². The summed E-state index contributed by atoms with van der Waals surface area (Å²) in [5.41, 5.74) is 1.85. The first-order valence-corrected chi connectivity index (χ1v) is 11.4. The van der Waals surface area contributed by atoms with Crippen LogP contribution in [0.5, 0.6) is 0 Å². The van der Waals surface area contributed by atoms with Gasteiger partial charge in [0.05, 0.1) is 12.7 Å². The van der Waals surface area contributed by atoms with E-state index in [0.29, 0.717) is 30.9 Å². The SMILES string of the molecule is CC(C)N1C[C@H](OCc2ccc(F)cc2)CN(C(=O)c2cccc(N3CCNC3=O)c2)CC1=O. The second kappa shape index (κ2) is 10.2. The van der Waals surface area contributed by atoms with E-state index in [2.05, 4.69) is 5.32 Å². The number of halogens is 1. The Kier molecular flexibility index (Phi) is 7.12. The number of amides is 4. The number of carbonyl (C=O) groups excluding carboxylic acids is 3. The highest BCUT2D eigenvalue weighted by Crippen LogP contribution is 2.21. The number of urea groups is 1. The summed E-state index contributed by atoms with van der Waals surface area (Å²) in [5.74, 6) is -0.762. The van der Waals surface area contributed by atoms with Gasteiger partial charge in [-0.1, -0.05) is 18.2 Å². The first-order chi connectivity index (χ1) is 16.3. The number of nitrogens with zero attached hydrogens (tertiary/aromatic N) is 3. The van der Waals surface area contributed by atoms with Crippen LogP contribution in [0.1, 0.15) is 29.8 Å². The van der Waals surface area contributed by atoms with Crippen LogP contribution < -0.4 is 10.2 Å². The summed E-state index contributed by atoms with van der Waals surface area (Å²) in [6.07, 6.45) is -0.407. The van der Waals surface area contributed by atoms with Gasteiger partial charge in [0.15, 0.2) is 0 Å². The van der Waals surface area contributed by atoms with Crippen LogP contribution in [0.3, 0.4) is 0 Å². The van der Waals surface area contributed by atoms with Gasteiger partial charge in [-0.05, 0) is 49.7 Å². The summed E-state index contributed by atoms with van der Waals surface area (Å²) in [5, 5.41) is 2.75. The van der Waals surface area contributed by atoms with Crippen LogP contribution in [-0.2, 0) is 16.1 Å². The van der Waals surface area contributed by atoms with Crippen molar-refractivity contribution in [2.24, 2.45) is 0 Å². The molecule has 2 saturated heterocycles. The van der Waals surface area contributed by atoms with Crippen LogP contribution in [0.25, 0.3) is 0 Å². The number of hydrogen-bond acceptors (Lipinski definition) is 4. The van der Waals surface area contributed by atoms with Gasteiger partial charge in [-0.3, -0.25) is 14.5 Å². The Labute approximate surface area is 198 Å². The largest absolute Gasteiger partial charge is 0.370 e. The molecule has 1 N–H and O–H groups in total. The van der Waals surface area contributed by atoms with Crippen LogP contribution >= 0.6 is 0 Å². The van der Waals surface area contributed by atoms with Gasteiger partial charge >= 0.3 is 6.03 Å². The maximum Gasteiger partial charge on any atom is 0.321 e. The van der Waals surface area contributed by atoms with E-state index in [4.69, 9.17) is 4.74 Å². The average molecular weight is 469 g/mol. The lowest BCUT2D eigenvalue weighted by molar-refractivity contribution is -0.133. The van der Waals surface area contributed by atoms with E-state index in [9.17, 15) is 18.8 Å². The van der Waals surface area contributed by atoms with Crippen molar-refractivity contribution in [2.75, 3.05) is 37.6 Å². The Bertz CT molecular complexity index is 1060. The molecule has 1 atom stereocenters. The molecule has 2 aromatic carbocycles. The van der Waals surface area contributed by atoms with Crippen molar-refractivity contribution in [1.82, 2.24) is 15.1 Å². The average Bonchev–Trinajstić information content (AvgIpc) is 3.18. The Morgan fingerprint density at radius 2 is 1.91 bits per heavy atom. The molecule has 4 amide bonds. The minimum absolute atomic E-state index is 0.0449. The van der Waals surface area contributed by atoms with E-state index in [1.807, 2.05) is 13.8 Å². The fourth-order valence-electron chi connectivity index (χ4n) is 4.20. The number of rotatable bonds is 6. The minimum Gasteiger partial charge on any atom is -0.370 e. The van der Waals surface area contributed by atoms with E-state index < -0.39 is 6.10 Å². The zero-order valence-electron chi connectivity index (χ0n) is 19.4. The van der Waals surface area contributed by atoms with Crippen molar-refractivity contribution in [2.45, 2.75) is 32.6 Å². The van der Waals surface area contributed by atoms with Crippen molar-refractivity contribution in [3.8, 4) is 0 Å². The van der Waals surface area contributed by atoms with Crippen LogP contribution in [0.15, 0.2) is 48.5 Å². The number of hydrogen-bond donors (Lipinski definition) is 1. The fourth-order valence-corrected chi connectivity index (χ4v) is 4.20. The Balaban J connectivity index is 1.52. The van der Waals surface area contributed by atoms with E-state index >= 15 is 0 Å². The lowest BCUT2D eigenvalue weighted by atomic mass is 10.1. The van der Waals surface area contributed by atoms with E-state index in [-0.39, 0.29) is 49.4 Å². The molecule has 2 aliphatic rings. The molecule has 0 saturated carbocycles. The molecule has 0 radical (unpaired) electrons. The highest BCUT2D eigenvalue weighted by Gasteiger charge is 2.33. The van der Waals surface area contributed by atoms with Gasteiger partial charge in [-0.25, -0.2) is 9.18 Å². The molecular weight excluding hydrogens is 439 g/mol. The molecule has 8 nitrogen and oxygen atoms in total. The van der Waals surface area contributed by atoms with Crippen molar-refractivity contribution in [3.63, 3.8) is 0 Å². The topological polar surface area (TPSA) is 82.2 Å². The monoisotopic (exact) mass is 468 g/mol. The highest BCUT2D eigenvalue weighted by atomic mass is 19.1. The maximum atomic E-state index is 13.4. The van der Waals surface area contributed by atoms with Crippen molar-refractivity contribution >= 4 is 23.5 Å². The molecule has 0 unspecified atom stereocenters. The Hall–Kier alpha value is -3.46. The predicted molar refractivity (Wildman–Crippen MR) is 125 cm³/mol. The lowest BCUT2D eigenvalue weighted by Gasteiger charge is -2.27.